The molecule has 2 aromatic carbocycles. The van der Waals surface area contributed by atoms with Crippen molar-refractivity contribution < 1.29 is 5.11 Å². The zero-order valence-corrected chi connectivity index (χ0v) is 18.4. The molecule has 160 valence electrons. The first kappa shape index (κ1) is 20.5. The molecule has 2 aliphatic heterocycles. The maximum Gasteiger partial charge on any atom is 0.232 e. The van der Waals surface area contributed by atoms with Crippen molar-refractivity contribution in [2.24, 2.45) is 4.99 Å². The molecule has 7 nitrogen and oxygen atoms in total. The van der Waals surface area contributed by atoms with Gasteiger partial charge in [0, 0.05) is 53.9 Å². The zero-order chi connectivity index (χ0) is 21.4. The molecule has 1 N–H and O–H groups in total. The van der Waals surface area contributed by atoms with E-state index < -0.39 is 0 Å². The van der Waals surface area contributed by atoms with Crippen molar-refractivity contribution in [2.75, 3.05) is 44.2 Å². The van der Waals surface area contributed by atoms with Crippen molar-refractivity contribution in [3.05, 3.63) is 69.5 Å². The Labute approximate surface area is 190 Å². The van der Waals surface area contributed by atoms with E-state index in [2.05, 4.69) is 24.6 Å². The third-order valence-electron chi connectivity index (χ3n) is 5.75. The number of aliphatic hydroxyl groups is 1. The first-order valence-corrected chi connectivity index (χ1v) is 11.0. The number of hydrogen-bond acceptors (Lipinski definition) is 6. The molecule has 0 unspecified atom stereocenters. The Hall–Kier alpha value is -2.45. The average molecular weight is 457 g/mol. The molecule has 0 atom stereocenters. The summed E-state index contributed by atoms with van der Waals surface area (Å²) in [5.74, 6) is 1.58. The molecule has 0 spiro atoms. The highest BCUT2D eigenvalue weighted by atomic mass is 35.5. The maximum absolute atomic E-state index is 9.21. The Morgan fingerprint density at radius 2 is 1.74 bits per heavy atom. The third kappa shape index (κ3) is 3.83. The van der Waals surface area contributed by atoms with Crippen molar-refractivity contribution in [2.45, 2.75) is 6.54 Å². The van der Waals surface area contributed by atoms with Crippen molar-refractivity contribution in [1.29, 1.82) is 0 Å². The van der Waals surface area contributed by atoms with E-state index in [1.165, 1.54) is 0 Å². The highest BCUT2D eigenvalue weighted by Gasteiger charge is 2.28. The first-order chi connectivity index (χ1) is 15.2. The molecule has 1 aromatic heterocycles. The molecule has 5 rings (SSSR count). The van der Waals surface area contributed by atoms with Crippen molar-refractivity contribution >= 4 is 34.9 Å². The highest BCUT2D eigenvalue weighted by molar-refractivity contribution is 6.36. The summed E-state index contributed by atoms with van der Waals surface area (Å²) in [6, 6.07) is 13.5. The fraction of sp³-hybridized carbons (Fsp3) is 0.318. The van der Waals surface area contributed by atoms with Crippen LogP contribution in [-0.2, 0) is 6.54 Å². The van der Waals surface area contributed by atoms with Gasteiger partial charge in [0.25, 0.3) is 0 Å². The largest absolute Gasteiger partial charge is 0.395 e. The van der Waals surface area contributed by atoms with Gasteiger partial charge in [-0.25, -0.2) is 0 Å². The lowest BCUT2D eigenvalue weighted by atomic mass is 10.0. The maximum atomic E-state index is 9.21. The van der Waals surface area contributed by atoms with Crippen LogP contribution in [0.5, 0.6) is 0 Å². The topological polar surface area (TPSA) is 69.8 Å². The second kappa shape index (κ2) is 8.59. The number of aromatic nitrogens is 3. The number of aliphatic imine (C=N–C) groups is 1. The summed E-state index contributed by atoms with van der Waals surface area (Å²) >= 11 is 12.9. The van der Waals surface area contributed by atoms with E-state index >= 15 is 0 Å². The van der Waals surface area contributed by atoms with Crippen LogP contribution in [-0.4, -0.2) is 69.8 Å². The van der Waals surface area contributed by atoms with E-state index in [1.807, 2.05) is 42.5 Å². The predicted molar refractivity (Wildman–Crippen MR) is 123 cm³/mol. The summed E-state index contributed by atoms with van der Waals surface area (Å²) in [5.41, 5.74) is 3.51. The smallest absolute Gasteiger partial charge is 0.232 e. The van der Waals surface area contributed by atoms with Gasteiger partial charge in [-0.05, 0) is 24.3 Å². The van der Waals surface area contributed by atoms with Crippen LogP contribution in [0.4, 0.5) is 5.95 Å². The number of hydrogen-bond donors (Lipinski definition) is 1. The Morgan fingerprint density at radius 1 is 0.935 bits per heavy atom. The van der Waals surface area contributed by atoms with E-state index in [1.54, 1.807) is 0 Å². The van der Waals surface area contributed by atoms with Crippen molar-refractivity contribution in [3.8, 4) is 5.69 Å². The standard InChI is InChI=1S/C22H22Cl2N6O/c23-15-5-6-19-17(13-15)21(16-3-1-2-4-18(16)24)25-14-20-26-27-22(30(19)20)29-9-7-28(8-10-29)11-12-31/h1-6,13,31H,7-12,14H2. The van der Waals surface area contributed by atoms with Gasteiger partial charge in [-0.3, -0.25) is 14.5 Å². The summed E-state index contributed by atoms with van der Waals surface area (Å²) in [7, 11) is 0. The van der Waals surface area contributed by atoms with Crippen LogP contribution in [0, 0.1) is 0 Å². The van der Waals surface area contributed by atoms with Gasteiger partial charge >= 0.3 is 0 Å². The highest BCUT2D eigenvalue weighted by Crippen LogP contribution is 2.32. The van der Waals surface area contributed by atoms with Gasteiger partial charge in [0.2, 0.25) is 5.95 Å². The minimum Gasteiger partial charge on any atom is -0.395 e. The normalized spacial score (nSPS) is 16.5. The van der Waals surface area contributed by atoms with E-state index in [4.69, 9.17) is 28.2 Å². The van der Waals surface area contributed by atoms with Crippen LogP contribution in [0.25, 0.3) is 5.69 Å². The van der Waals surface area contributed by atoms with E-state index in [0.29, 0.717) is 23.1 Å². The number of fused-ring (bicyclic) bond motifs is 3. The average Bonchev–Trinajstić information content (AvgIpc) is 3.13. The van der Waals surface area contributed by atoms with Crippen LogP contribution >= 0.6 is 23.2 Å². The van der Waals surface area contributed by atoms with Gasteiger partial charge in [0.15, 0.2) is 5.82 Å². The first-order valence-electron chi connectivity index (χ1n) is 10.3. The molecule has 1 saturated heterocycles. The van der Waals surface area contributed by atoms with Gasteiger partial charge in [-0.1, -0.05) is 41.4 Å². The lowest BCUT2D eigenvalue weighted by Crippen LogP contribution is -2.48. The van der Waals surface area contributed by atoms with Crippen LogP contribution in [0.3, 0.4) is 0 Å². The van der Waals surface area contributed by atoms with E-state index in [9.17, 15) is 5.11 Å². The molecule has 0 amide bonds. The molecular formula is C22H22Cl2N6O. The SMILES string of the molecule is OCCN1CCN(c2nnc3n2-c2ccc(Cl)cc2C(c2ccccc2Cl)=NC3)CC1. The molecule has 3 heterocycles. The summed E-state index contributed by atoms with van der Waals surface area (Å²) < 4.78 is 2.08. The van der Waals surface area contributed by atoms with Crippen LogP contribution in [0.1, 0.15) is 17.0 Å². The molecule has 2 aliphatic rings. The lowest BCUT2D eigenvalue weighted by Gasteiger charge is -2.35. The molecule has 31 heavy (non-hydrogen) atoms. The zero-order valence-electron chi connectivity index (χ0n) is 16.9. The van der Waals surface area contributed by atoms with Gasteiger partial charge in [-0.2, -0.15) is 0 Å². The second-order valence-electron chi connectivity index (χ2n) is 7.61. The van der Waals surface area contributed by atoms with E-state index in [0.717, 1.165) is 60.5 Å². The molecule has 0 saturated carbocycles. The quantitative estimate of drug-likeness (QED) is 0.653. The molecule has 0 bridgehead atoms. The molecule has 9 heteroatoms. The molecule has 1 fully saturated rings. The Balaban J connectivity index is 1.58. The molecular weight excluding hydrogens is 435 g/mol. The van der Waals surface area contributed by atoms with Crippen LogP contribution in [0.2, 0.25) is 10.0 Å². The Bertz CT molecular complexity index is 1140. The molecule has 0 aliphatic carbocycles. The number of rotatable bonds is 4. The second-order valence-corrected chi connectivity index (χ2v) is 8.45. The minimum atomic E-state index is 0.177. The Kier molecular flexibility index (Phi) is 5.67. The fourth-order valence-corrected chi connectivity index (χ4v) is 4.58. The monoisotopic (exact) mass is 456 g/mol. The van der Waals surface area contributed by atoms with Gasteiger partial charge < -0.3 is 10.0 Å². The molecule has 3 aromatic rings. The van der Waals surface area contributed by atoms with Crippen molar-refractivity contribution in [3.63, 3.8) is 0 Å². The number of β-amino-alcohol motifs (C(OH)–C–C–N with tert-alkyl or cyclic N) is 1. The summed E-state index contributed by atoms with van der Waals surface area (Å²) in [5, 5.41) is 19.5. The molecule has 0 radical (unpaired) electrons. The summed E-state index contributed by atoms with van der Waals surface area (Å²) in [4.78, 5) is 9.36. The lowest BCUT2D eigenvalue weighted by molar-refractivity contribution is 0.188. The number of anilines is 1. The number of nitrogens with zero attached hydrogens (tertiary/aromatic N) is 6. The number of benzene rings is 2. The summed E-state index contributed by atoms with van der Waals surface area (Å²) in [6.45, 7) is 4.65. The Morgan fingerprint density at radius 3 is 2.52 bits per heavy atom. The van der Waals surface area contributed by atoms with Gasteiger partial charge in [-0.15, -0.1) is 10.2 Å². The van der Waals surface area contributed by atoms with Crippen molar-refractivity contribution in [1.82, 2.24) is 19.7 Å². The van der Waals surface area contributed by atoms with Gasteiger partial charge in [0.05, 0.1) is 18.0 Å². The third-order valence-corrected chi connectivity index (χ3v) is 6.31. The minimum absolute atomic E-state index is 0.177. The number of piperazine rings is 1. The fourth-order valence-electron chi connectivity index (χ4n) is 4.19. The van der Waals surface area contributed by atoms with Crippen LogP contribution in [0.15, 0.2) is 47.5 Å². The van der Waals surface area contributed by atoms with Gasteiger partial charge in [0.1, 0.15) is 6.54 Å². The van der Waals surface area contributed by atoms with Crippen LogP contribution < -0.4 is 4.90 Å². The number of halogens is 2. The number of aliphatic hydroxyl groups excluding tert-OH is 1. The summed E-state index contributed by atoms with van der Waals surface area (Å²) in [6.07, 6.45) is 0. The predicted octanol–water partition coefficient (Wildman–Crippen LogP) is 3.04. The van der Waals surface area contributed by atoms with E-state index in [-0.39, 0.29) is 6.61 Å².